The van der Waals surface area contributed by atoms with Crippen LogP contribution >= 0.6 is 57.5 Å². The first-order valence-corrected chi connectivity index (χ1v) is 13.7. The lowest BCUT2D eigenvalue weighted by molar-refractivity contribution is 1.09. The van der Waals surface area contributed by atoms with Gasteiger partial charge in [0.2, 0.25) is 0 Å². The lowest BCUT2D eigenvalue weighted by atomic mass is 10.8. The van der Waals surface area contributed by atoms with E-state index in [2.05, 4.69) is 47.9 Å². The maximum atomic E-state index is 3.76. The van der Waals surface area contributed by atoms with Crippen LogP contribution in [0.5, 0.6) is 0 Å². The first-order chi connectivity index (χ1) is 17.5. The topological polar surface area (TPSA) is 135 Å². The summed E-state index contributed by atoms with van der Waals surface area (Å²) in [7, 11) is 0. The van der Waals surface area contributed by atoms with E-state index in [1.54, 1.807) is 95.7 Å². The average molecular weight is 563 g/mol. The Balaban J connectivity index is 0.000000204. The van der Waals surface area contributed by atoms with Crippen molar-refractivity contribution in [1.82, 2.24) is 47.9 Å². The molecule has 10 nitrogen and oxygen atoms in total. The zero-order chi connectivity index (χ0) is 24.7. The molecule has 0 saturated heterocycles. The molecular formula is C20H22N10S5. The van der Waals surface area contributed by atoms with E-state index in [1.165, 1.54) is 34.8 Å². The molecule has 0 aliphatic rings. The Morgan fingerprint density at radius 1 is 0.457 bits per heavy atom. The Morgan fingerprint density at radius 3 is 1.09 bits per heavy atom. The summed E-state index contributed by atoms with van der Waals surface area (Å²) < 4.78 is 14.8. The van der Waals surface area contributed by atoms with Gasteiger partial charge < -0.3 is 0 Å². The molecule has 0 unspecified atom stereocenters. The van der Waals surface area contributed by atoms with E-state index in [0.29, 0.717) is 0 Å². The van der Waals surface area contributed by atoms with E-state index in [0.717, 1.165) is 0 Å². The highest BCUT2D eigenvalue weighted by Crippen LogP contribution is 1.86. The fraction of sp³-hybridized carbons (Fsp3) is 0. The quantitative estimate of drug-likeness (QED) is 0.232. The Kier molecular flexibility index (Phi) is 22.6. The summed E-state index contributed by atoms with van der Waals surface area (Å²) in [6, 6.07) is 7.48. The average Bonchev–Trinajstić information content (AvgIpc) is 3.81. The van der Waals surface area contributed by atoms with Gasteiger partial charge in [0.15, 0.2) is 0 Å². The number of aromatic nitrogens is 10. The van der Waals surface area contributed by atoms with Gasteiger partial charge in [-0.3, -0.25) is 20.2 Å². The number of aromatic amines is 2. The van der Waals surface area contributed by atoms with Crippen LogP contribution < -0.4 is 0 Å². The highest BCUT2D eigenvalue weighted by atomic mass is 32.1. The lowest BCUT2D eigenvalue weighted by Crippen LogP contribution is -1.53. The molecule has 0 aliphatic carbocycles. The van der Waals surface area contributed by atoms with Crippen molar-refractivity contribution in [3.05, 3.63) is 119 Å². The van der Waals surface area contributed by atoms with Gasteiger partial charge in [0.1, 0.15) is 0 Å². The minimum atomic E-state index is 1.21. The number of H-pyrrole nitrogens is 2. The zero-order valence-electron chi connectivity index (χ0n) is 18.2. The van der Waals surface area contributed by atoms with Gasteiger partial charge in [-0.25, -0.2) is 8.75 Å². The molecule has 7 heterocycles. The van der Waals surface area contributed by atoms with Crippen LogP contribution in [0.4, 0.5) is 0 Å². The fourth-order valence-corrected chi connectivity index (χ4v) is 2.95. The summed E-state index contributed by atoms with van der Waals surface area (Å²) in [6.45, 7) is 0. The molecule has 0 saturated carbocycles. The standard InChI is InChI=1S/2C3H4N2.4C3H3NS.C2H2N2S/c2*1-2-4-5-3-1;2*1-2-5-3-4-1;3*1-2-4-5-3-1/h2*1-3H,(H,4,5);4*1-3H;1-2H. The Morgan fingerprint density at radius 2 is 0.971 bits per heavy atom. The summed E-state index contributed by atoms with van der Waals surface area (Å²) in [4.78, 5) is 7.48. The van der Waals surface area contributed by atoms with Crippen LogP contribution in [-0.2, 0) is 0 Å². The monoisotopic (exact) mass is 562 g/mol. The van der Waals surface area contributed by atoms with Gasteiger partial charge >= 0.3 is 0 Å². The van der Waals surface area contributed by atoms with Crippen molar-refractivity contribution >= 4 is 57.5 Å². The molecule has 15 heteroatoms. The number of rotatable bonds is 0. The first-order valence-electron chi connectivity index (χ1n) is 9.42. The predicted octanol–water partition coefficient (Wildman–Crippen LogP) is 5.93. The molecule has 7 aromatic heterocycles. The molecule has 0 atom stereocenters. The molecule has 0 bridgehead atoms. The second kappa shape index (κ2) is 26.7. The minimum absolute atomic E-state index is 1.21. The molecule has 7 rings (SSSR count). The predicted molar refractivity (Wildman–Crippen MR) is 146 cm³/mol. The Labute approximate surface area is 223 Å². The van der Waals surface area contributed by atoms with Crippen LogP contribution in [0.3, 0.4) is 0 Å². The van der Waals surface area contributed by atoms with Gasteiger partial charge in [0.05, 0.1) is 35.1 Å². The van der Waals surface area contributed by atoms with Crippen LogP contribution in [0.2, 0.25) is 0 Å². The van der Waals surface area contributed by atoms with Gasteiger partial charge in [-0.15, -0.1) is 22.7 Å². The number of hydrogen-bond donors (Lipinski definition) is 2. The molecule has 0 aromatic carbocycles. The minimum Gasteiger partial charge on any atom is -0.286 e. The maximum Gasteiger partial charge on any atom is 0.0791 e. The highest BCUT2D eigenvalue weighted by Gasteiger charge is 1.62. The normalized spacial score (nSPS) is 8.00. The second-order valence-corrected chi connectivity index (χ2v) is 8.33. The smallest absolute Gasteiger partial charge is 0.0791 e. The van der Waals surface area contributed by atoms with Crippen molar-refractivity contribution in [3.8, 4) is 0 Å². The number of nitrogens with zero attached hydrogens (tertiary/aromatic N) is 8. The van der Waals surface area contributed by atoms with Crippen LogP contribution in [0.25, 0.3) is 0 Å². The van der Waals surface area contributed by atoms with E-state index in [-0.39, 0.29) is 0 Å². The van der Waals surface area contributed by atoms with Crippen LogP contribution in [-0.4, -0.2) is 47.9 Å². The number of hydrogen-bond acceptors (Lipinski definition) is 13. The van der Waals surface area contributed by atoms with Crippen molar-refractivity contribution < 1.29 is 0 Å². The third kappa shape index (κ3) is 25.0. The van der Waals surface area contributed by atoms with Crippen LogP contribution in [0, 0.1) is 0 Å². The maximum absolute atomic E-state index is 3.76. The molecule has 0 amide bonds. The third-order valence-electron chi connectivity index (χ3n) is 2.48. The molecule has 0 radical (unpaired) electrons. The summed E-state index contributed by atoms with van der Waals surface area (Å²) in [5.74, 6) is 0. The molecule has 35 heavy (non-hydrogen) atoms. The number of thiazole rings is 2. The van der Waals surface area contributed by atoms with E-state index >= 15 is 0 Å². The van der Waals surface area contributed by atoms with Gasteiger partial charge in [0.25, 0.3) is 0 Å². The van der Waals surface area contributed by atoms with Crippen LogP contribution in [0.1, 0.15) is 0 Å². The SMILES string of the molecule is c1cn[nH]c1.c1cn[nH]c1.c1cnsc1.c1cnsc1.c1cnsn1.c1cscn1.c1cscn1. The fourth-order valence-electron chi connectivity index (χ4n) is 1.27. The van der Waals surface area contributed by atoms with Gasteiger partial charge in [-0.1, -0.05) is 0 Å². The molecule has 0 spiro atoms. The van der Waals surface area contributed by atoms with E-state index in [9.17, 15) is 0 Å². The molecule has 2 N–H and O–H groups in total. The van der Waals surface area contributed by atoms with Gasteiger partial charge in [-0.05, 0) is 47.3 Å². The van der Waals surface area contributed by atoms with E-state index in [4.69, 9.17) is 0 Å². The molecule has 0 fully saturated rings. The summed E-state index contributed by atoms with van der Waals surface area (Å²) >= 11 is 7.34. The van der Waals surface area contributed by atoms with Crippen molar-refractivity contribution in [1.29, 1.82) is 0 Å². The van der Waals surface area contributed by atoms with Crippen molar-refractivity contribution in [3.63, 3.8) is 0 Å². The van der Waals surface area contributed by atoms with Crippen molar-refractivity contribution in [2.45, 2.75) is 0 Å². The zero-order valence-corrected chi connectivity index (χ0v) is 22.2. The first kappa shape index (κ1) is 29.5. The van der Waals surface area contributed by atoms with Crippen molar-refractivity contribution in [2.75, 3.05) is 0 Å². The van der Waals surface area contributed by atoms with Crippen molar-refractivity contribution in [2.24, 2.45) is 0 Å². The Hall–Kier alpha value is -3.50. The third-order valence-corrected chi connectivity index (χ3v) is 5.00. The summed E-state index contributed by atoms with van der Waals surface area (Å²) in [6.07, 6.45) is 17.3. The van der Waals surface area contributed by atoms with E-state index < -0.39 is 0 Å². The summed E-state index contributed by atoms with van der Waals surface area (Å²) in [5.41, 5.74) is 3.58. The lowest BCUT2D eigenvalue weighted by Gasteiger charge is -1.49. The summed E-state index contributed by atoms with van der Waals surface area (Å²) in [5, 5.41) is 20.1. The molecule has 182 valence electrons. The van der Waals surface area contributed by atoms with E-state index in [1.807, 2.05) is 45.8 Å². The Bertz CT molecular complexity index is 702. The largest absolute Gasteiger partial charge is 0.286 e. The second-order valence-electron chi connectivity index (χ2n) is 4.85. The molecule has 0 aliphatic heterocycles. The van der Waals surface area contributed by atoms with Gasteiger partial charge in [-0.2, -0.15) is 18.9 Å². The highest BCUT2D eigenvalue weighted by molar-refractivity contribution is 7.07. The van der Waals surface area contributed by atoms with Gasteiger partial charge in [0, 0.05) is 71.1 Å². The molecule has 7 aromatic rings. The van der Waals surface area contributed by atoms with Crippen LogP contribution in [0.15, 0.2) is 119 Å². The number of nitrogens with one attached hydrogen (secondary N) is 2. The molecular weight excluding hydrogens is 541 g/mol.